The maximum absolute atomic E-state index is 11.7. The summed E-state index contributed by atoms with van der Waals surface area (Å²) in [6, 6.07) is 1.98. The van der Waals surface area contributed by atoms with Gasteiger partial charge in [-0.25, -0.2) is 14.3 Å². The van der Waals surface area contributed by atoms with E-state index in [0.29, 0.717) is 12.5 Å². The van der Waals surface area contributed by atoms with Crippen molar-refractivity contribution < 1.29 is 9.90 Å². The van der Waals surface area contributed by atoms with Crippen LogP contribution in [0.2, 0.25) is 0 Å². The summed E-state index contributed by atoms with van der Waals surface area (Å²) in [5.74, 6) is 1.26. The SMILES string of the molecule is Cn1cc(-c2cn3nccc3c(N3CCC(CN(C(=O)O)C(C)(C)C)CC3)n2)cn1. The summed E-state index contributed by atoms with van der Waals surface area (Å²) < 4.78 is 3.63. The minimum Gasteiger partial charge on any atom is -0.465 e. The molecule has 1 aliphatic heterocycles. The molecule has 4 heterocycles. The fourth-order valence-electron chi connectivity index (χ4n) is 4.06. The first-order chi connectivity index (χ1) is 14.2. The number of aromatic nitrogens is 5. The van der Waals surface area contributed by atoms with E-state index in [-0.39, 0.29) is 0 Å². The zero-order valence-electron chi connectivity index (χ0n) is 18.0. The highest BCUT2D eigenvalue weighted by atomic mass is 16.4. The van der Waals surface area contributed by atoms with Gasteiger partial charge < -0.3 is 14.9 Å². The van der Waals surface area contributed by atoms with Crippen molar-refractivity contribution in [2.75, 3.05) is 24.5 Å². The summed E-state index contributed by atoms with van der Waals surface area (Å²) in [6.45, 7) is 8.08. The van der Waals surface area contributed by atoms with Crippen LogP contribution in [0.25, 0.3) is 16.8 Å². The summed E-state index contributed by atoms with van der Waals surface area (Å²) >= 11 is 0. The Morgan fingerprint density at radius 2 is 1.97 bits per heavy atom. The lowest BCUT2D eigenvalue weighted by atomic mass is 9.94. The number of carboxylic acid groups (broad SMARTS) is 1. The molecule has 3 aromatic heterocycles. The standard InChI is InChI=1S/C21H29N7O2/c1-21(2,3)27(20(29)30)12-15-6-9-26(10-7-15)19-18-5-8-22-28(18)14-17(24-19)16-11-23-25(4)13-16/h5,8,11,13-15H,6-7,9-10,12H2,1-4H3,(H,29,30). The monoisotopic (exact) mass is 411 g/mol. The van der Waals surface area contributed by atoms with Gasteiger partial charge in [-0.1, -0.05) is 0 Å². The van der Waals surface area contributed by atoms with E-state index in [9.17, 15) is 9.90 Å². The van der Waals surface area contributed by atoms with E-state index in [4.69, 9.17) is 4.98 Å². The Balaban J connectivity index is 1.53. The van der Waals surface area contributed by atoms with Crippen LogP contribution >= 0.6 is 0 Å². The maximum Gasteiger partial charge on any atom is 0.407 e. The lowest BCUT2D eigenvalue weighted by molar-refractivity contribution is 0.0852. The molecule has 0 unspecified atom stereocenters. The van der Waals surface area contributed by atoms with Crippen molar-refractivity contribution >= 4 is 17.4 Å². The first-order valence-corrected chi connectivity index (χ1v) is 10.3. The maximum atomic E-state index is 11.7. The summed E-state index contributed by atoms with van der Waals surface area (Å²) in [4.78, 5) is 20.5. The van der Waals surface area contributed by atoms with E-state index < -0.39 is 11.6 Å². The number of hydrogen-bond donors (Lipinski definition) is 1. The molecule has 0 saturated carbocycles. The van der Waals surface area contributed by atoms with E-state index >= 15 is 0 Å². The molecule has 0 radical (unpaired) electrons. The second kappa shape index (κ2) is 7.62. The Kier molecular flexibility index (Phi) is 5.13. The predicted octanol–water partition coefficient (Wildman–Crippen LogP) is 3.12. The van der Waals surface area contributed by atoms with E-state index in [1.54, 1.807) is 22.0 Å². The molecule has 1 aliphatic rings. The molecule has 4 rings (SSSR count). The Bertz CT molecular complexity index is 1040. The summed E-state index contributed by atoms with van der Waals surface area (Å²) in [7, 11) is 1.89. The van der Waals surface area contributed by atoms with Gasteiger partial charge in [-0.05, 0) is 45.6 Å². The fourth-order valence-corrected chi connectivity index (χ4v) is 4.06. The first kappa shape index (κ1) is 20.2. The van der Waals surface area contributed by atoms with E-state index in [1.165, 1.54) is 0 Å². The number of piperidine rings is 1. The molecule has 1 fully saturated rings. The molecule has 0 aliphatic carbocycles. The topological polar surface area (TPSA) is 91.8 Å². The van der Waals surface area contributed by atoms with E-state index in [2.05, 4.69) is 15.1 Å². The molecule has 160 valence electrons. The average molecular weight is 412 g/mol. The smallest absolute Gasteiger partial charge is 0.407 e. The van der Waals surface area contributed by atoms with Crippen molar-refractivity contribution in [1.82, 2.24) is 29.3 Å². The van der Waals surface area contributed by atoms with Gasteiger partial charge in [0.1, 0.15) is 5.52 Å². The van der Waals surface area contributed by atoms with Crippen LogP contribution < -0.4 is 4.90 Å². The third-order valence-corrected chi connectivity index (χ3v) is 5.77. The van der Waals surface area contributed by atoms with Gasteiger partial charge in [-0.2, -0.15) is 10.2 Å². The van der Waals surface area contributed by atoms with Crippen LogP contribution in [0, 0.1) is 5.92 Å². The highest BCUT2D eigenvalue weighted by Gasteiger charge is 2.31. The molecule has 0 bridgehead atoms. The largest absolute Gasteiger partial charge is 0.465 e. The van der Waals surface area contributed by atoms with E-state index in [1.807, 2.05) is 50.8 Å². The predicted molar refractivity (Wildman–Crippen MR) is 115 cm³/mol. The minimum atomic E-state index is -0.850. The molecule has 3 aromatic rings. The van der Waals surface area contributed by atoms with Gasteiger partial charge in [-0.15, -0.1) is 0 Å². The molecule has 1 amide bonds. The second-order valence-electron chi connectivity index (χ2n) is 9.01. The zero-order valence-corrected chi connectivity index (χ0v) is 18.0. The average Bonchev–Trinajstić information content (AvgIpc) is 3.33. The van der Waals surface area contributed by atoms with Gasteiger partial charge in [0.2, 0.25) is 0 Å². The highest BCUT2D eigenvalue weighted by Crippen LogP contribution is 2.29. The number of aryl methyl sites for hydroxylation is 1. The summed E-state index contributed by atoms with van der Waals surface area (Å²) in [6.07, 6.45) is 8.47. The van der Waals surface area contributed by atoms with Crippen molar-refractivity contribution in [2.24, 2.45) is 13.0 Å². The number of hydrogen-bond acceptors (Lipinski definition) is 5. The number of anilines is 1. The van der Waals surface area contributed by atoms with Crippen LogP contribution in [0.3, 0.4) is 0 Å². The zero-order chi connectivity index (χ0) is 21.5. The third kappa shape index (κ3) is 3.96. The van der Waals surface area contributed by atoms with Crippen molar-refractivity contribution in [3.8, 4) is 11.3 Å². The van der Waals surface area contributed by atoms with Crippen molar-refractivity contribution in [3.63, 3.8) is 0 Å². The van der Waals surface area contributed by atoms with Crippen molar-refractivity contribution in [2.45, 2.75) is 39.2 Å². The molecule has 0 aromatic carbocycles. The molecular formula is C21H29N7O2. The van der Waals surface area contributed by atoms with Gasteiger partial charge in [0.05, 0.1) is 24.3 Å². The highest BCUT2D eigenvalue weighted by molar-refractivity contribution is 5.72. The van der Waals surface area contributed by atoms with E-state index in [0.717, 1.165) is 48.5 Å². The normalized spacial score (nSPS) is 15.7. The molecule has 9 heteroatoms. The lowest BCUT2D eigenvalue weighted by Gasteiger charge is -2.39. The van der Waals surface area contributed by atoms with Crippen molar-refractivity contribution in [1.29, 1.82) is 0 Å². The molecular weight excluding hydrogens is 382 g/mol. The Morgan fingerprint density at radius 1 is 1.23 bits per heavy atom. The Labute approximate surface area is 175 Å². The van der Waals surface area contributed by atoms with Crippen LogP contribution in [0.1, 0.15) is 33.6 Å². The van der Waals surface area contributed by atoms with Crippen LogP contribution in [0.4, 0.5) is 10.6 Å². The molecule has 30 heavy (non-hydrogen) atoms. The quantitative estimate of drug-likeness (QED) is 0.709. The lowest BCUT2D eigenvalue weighted by Crippen LogP contribution is -2.49. The number of nitrogens with zero attached hydrogens (tertiary/aromatic N) is 7. The third-order valence-electron chi connectivity index (χ3n) is 5.77. The van der Waals surface area contributed by atoms with Gasteiger partial charge in [0, 0.05) is 44.0 Å². The van der Waals surface area contributed by atoms with Crippen LogP contribution in [-0.4, -0.2) is 65.7 Å². The Morgan fingerprint density at radius 3 is 2.57 bits per heavy atom. The van der Waals surface area contributed by atoms with Gasteiger partial charge >= 0.3 is 6.09 Å². The van der Waals surface area contributed by atoms with Crippen LogP contribution in [0.5, 0.6) is 0 Å². The van der Waals surface area contributed by atoms with Gasteiger partial charge in [0.25, 0.3) is 0 Å². The molecule has 0 spiro atoms. The first-order valence-electron chi connectivity index (χ1n) is 10.3. The summed E-state index contributed by atoms with van der Waals surface area (Å²) in [5, 5.41) is 18.3. The van der Waals surface area contributed by atoms with Crippen LogP contribution in [0.15, 0.2) is 30.9 Å². The Hall–Kier alpha value is -3.10. The fraction of sp³-hybridized carbons (Fsp3) is 0.524. The number of amides is 1. The van der Waals surface area contributed by atoms with Crippen LogP contribution in [-0.2, 0) is 7.05 Å². The van der Waals surface area contributed by atoms with Crippen molar-refractivity contribution in [3.05, 3.63) is 30.9 Å². The molecule has 1 saturated heterocycles. The minimum absolute atomic E-state index is 0.346. The number of fused-ring (bicyclic) bond motifs is 1. The summed E-state index contributed by atoms with van der Waals surface area (Å²) in [5.41, 5.74) is 2.37. The molecule has 9 nitrogen and oxygen atoms in total. The van der Waals surface area contributed by atoms with Gasteiger partial charge in [-0.3, -0.25) is 4.68 Å². The molecule has 0 atom stereocenters. The van der Waals surface area contributed by atoms with Gasteiger partial charge in [0.15, 0.2) is 5.82 Å². The number of carbonyl (C=O) groups is 1. The molecule has 1 N–H and O–H groups in total. The second-order valence-corrected chi connectivity index (χ2v) is 9.01. The number of rotatable bonds is 4.